The van der Waals surface area contributed by atoms with Gasteiger partial charge in [-0.15, -0.1) is 11.8 Å². The minimum atomic E-state index is -0.227. The number of benzene rings is 2. The maximum absolute atomic E-state index is 12.9. The highest BCUT2D eigenvalue weighted by atomic mass is 79.9. The van der Waals surface area contributed by atoms with Gasteiger partial charge in [0.15, 0.2) is 0 Å². The second kappa shape index (κ2) is 6.25. The van der Waals surface area contributed by atoms with E-state index in [0.717, 1.165) is 15.7 Å². The van der Waals surface area contributed by atoms with E-state index in [4.69, 9.17) is 0 Å². The van der Waals surface area contributed by atoms with Gasteiger partial charge in [0.1, 0.15) is 5.82 Å². The van der Waals surface area contributed by atoms with Gasteiger partial charge in [0.25, 0.3) is 0 Å². The topological polar surface area (TPSA) is 12.0 Å². The number of rotatable bonds is 4. The lowest BCUT2D eigenvalue weighted by molar-refractivity contribution is 0.626. The molecule has 0 aliphatic carbocycles. The van der Waals surface area contributed by atoms with Crippen LogP contribution in [0.4, 0.5) is 10.1 Å². The Morgan fingerprint density at radius 1 is 1.17 bits per heavy atom. The first-order valence-corrected chi connectivity index (χ1v) is 7.52. The Kier molecular flexibility index (Phi) is 4.66. The van der Waals surface area contributed by atoms with Crippen molar-refractivity contribution in [1.29, 1.82) is 0 Å². The average molecular weight is 326 g/mol. The average Bonchev–Trinajstić information content (AvgIpc) is 2.38. The quantitative estimate of drug-likeness (QED) is 0.800. The Hall–Kier alpha value is -1.000. The molecule has 1 nitrogen and oxygen atoms in total. The Morgan fingerprint density at radius 2 is 1.89 bits per heavy atom. The third-order valence-electron chi connectivity index (χ3n) is 2.59. The molecule has 0 unspecified atom stereocenters. The summed E-state index contributed by atoms with van der Waals surface area (Å²) in [4.78, 5) is 1.24. The van der Waals surface area contributed by atoms with Gasteiger partial charge in [-0.2, -0.15) is 0 Å². The zero-order chi connectivity index (χ0) is 13.0. The van der Waals surface area contributed by atoms with Crippen LogP contribution in [0.1, 0.15) is 5.56 Å². The number of hydrogen-bond donors (Lipinski definition) is 1. The molecule has 0 spiro atoms. The second-order valence-electron chi connectivity index (χ2n) is 3.82. The van der Waals surface area contributed by atoms with Crippen molar-refractivity contribution in [3.05, 3.63) is 58.3 Å². The van der Waals surface area contributed by atoms with Crippen molar-refractivity contribution < 1.29 is 4.39 Å². The van der Waals surface area contributed by atoms with E-state index in [9.17, 15) is 4.39 Å². The van der Waals surface area contributed by atoms with Crippen LogP contribution in [0.3, 0.4) is 0 Å². The first-order valence-electron chi connectivity index (χ1n) is 5.51. The molecular formula is C14H13BrFNS. The number of nitrogens with one attached hydrogen (secondary N) is 1. The van der Waals surface area contributed by atoms with E-state index in [1.54, 1.807) is 17.8 Å². The van der Waals surface area contributed by atoms with Crippen LogP contribution in [0.2, 0.25) is 0 Å². The molecule has 2 aromatic carbocycles. The molecule has 0 saturated heterocycles. The molecule has 0 bridgehead atoms. The lowest BCUT2D eigenvalue weighted by atomic mass is 10.2. The van der Waals surface area contributed by atoms with E-state index in [1.807, 2.05) is 12.1 Å². The Balaban J connectivity index is 2.02. The first kappa shape index (κ1) is 13.4. The molecule has 0 aromatic heterocycles. The van der Waals surface area contributed by atoms with Crippen LogP contribution < -0.4 is 5.32 Å². The molecule has 0 atom stereocenters. The highest BCUT2D eigenvalue weighted by molar-refractivity contribution is 9.10. The molecule has 4 heteroatoms. The van der Waals surface area contributed by atoms with Gasteiger partial charge in [-0.05, 0) is 48.2 Å². The van der Waals surface area contributed by atoms with E-state index < -0.39 is 0 Å². The minimum absolute atomic E-state index is 0.227. The van der Waals surface area contributed by atoms with Gasteiger partial charge in [-0.1, -0.05) is 22.0 Å². The molecule has 1 N–H and O–H groups in total. The first-order chi connectivity index (χ1) is 8.69. The molecule has 0 radical (unpaired) electrons. The molecule has 0 amide bonds. The lowest BCUT2D eigenvalue weighted by Gasteiger charge is -2.08. The molecule has 2 rings (SSSR count). The normalized spacial score (nSPS) is 10.4. The maximum Gasteiger partial charge on any atom is 0.124 e. The van der Waals surface area contributed by atoms with Crippen LogP contribution >= 0.6 is 27.7 Å². The molecule has 18 heavy (non-hydrogen) atoms. The number of halogens is 2. The van der Waals surface area contributed by atoms with Crippen molar-refractivity contribution in [2.24, 2.45) is 0 Å². The fourth-order valence-electron chi connectivity index (χ4n) is 1.57. The minimum Gasteiger partial charge on any atom is -0.381 e. The number of anilines is 1. The fraction of sp³-hybridized carbons (Fsp3) is 0.143. The van der Waals surface area contributed by atoms with Gasteiger partial charge in [-0.25, -0.2) is 4.39 Å². The Labute approximate surface area is 119 Å². The SMILES string of the molecule is CSc1ccc(NCc2ccc(F)cc2Br)cc1. The largest absolute Gasteiger partial charge is 0.381 e. The molecular weight excluding hydrogens is 313 g/mol. The van der Waals surface area contributed by atoms with Gasteiger partial charge in [0, 0.05) is 21.6 Å². The summed E-state index contributed by atoms with van der Waals surface area (Å²) in [6.45, 7) is 0.666. The summed E-state index contributed by atoms with van der Waals surface area (Å²) in [6.07, 6.45) is 2.05. The predicted octanol–water partition coefficient (Wildman–Crippen LogP) is 4.92. The molecule has 0 fully saturated rings. The summed E-state index contributed by atoms with van der Waals surface area (Å²) in [7, 11) is 0. The zero-order valence-electron chi connectivity index (χ0n) is 9.91. The lowest BCUT2D eigenvalue weighted by Crippen LogP contribution is -2.00. The summed E-state index contributed by atoms with van der Waals surface area (Å²) in [5.41, 5.74) is 2.09. The number of hydrogen-bond acceptors (Lipinski definition) is 2. The van der Waals surface area contributed by atoms with E-state index in [-0.39, 0.29) is 5.82 Å². The summed E-state index contributed by atoms with van der Waals surface area (Å²) < 4.78 is 13.7. The van der Waals surface area contributed by atoms with Crippen molar-refractivity contribution in [2.45, 2.75) is 11.4 Å². The van der Waals surface area contributed by atoms with Gasteiger partial charge in [0.2, 0.25) is 0 Å². The third-order valence-corrected chi connectivity index (χ3v) is 4.07. The van der Waals surface area contributed by atoms with Gasteiger partial charge in [-0.3, -0.25) is 0 Å². The maximum atomic E-state index is 12.9. The van der Waals surface area contributed by atoms with Gasteiger partial charge < -0.3 is 5.32 Å². The van der Waals surface area contributed by atoms with Crippen molar-refractivity contribution in [1.82, 2.24) is 0 Å². The van der Waals surface area contributed by atoms with Crippen molar-refractivity contribution >= 4 is 33.4 Å². The van der Waals surface area contributed by atoms with Crippen molar-refractivity contribution in [2.75, 3.05) is 11.6 Å². The molecule has 0 aliphatic heterocycles. The summed E-state index contributed by atoms with van der Waals surface area (Å²) in [5, 5.41) is 3.31. The van der Waals surface area contributed by atoms with Crippen LogP contribution in [0.15, 0.2) is 51.8 Å². The second-order valence-corrected chi connectivity index (χ2v) is 5.55. The van der Waals surface area contributed by atoms with E-state index in [1.165, 1.54) is 17.0 Å². The highest BCUT2D eigenvalue weighted by Gasteiger charge is 2.01. The standard InChI is InChI=1S/C14H13BrFNS/c1-18-13-6-4-12(5-7-13)17-9-10-2-3-11(16)8-14(10)15/h2-8,17H,9H2,1H3. The van der Waals surface area contributed by atoms with E-state index >= 15 is 0 Å². The molecule has 0 heterocycles. The molecule has 0 aliphatic rings. The van der Waals surface area contributed by atoms with Crippen LogP contribution in [-0.4, -0.2) is 6.26 Å². The van der Waals surface area contributed by atoms with Gasteiger partial charge in [0.05, 0.1) is 0 Å². The highest BCUT2D eigenvalue weighted by Crippen LogP contribution is 2.21. The summed E-state index contributed by atoms with van der Waals surface area (Å²) >= 11 is 5.08. The smallest absolute Gasteiger partial charge is 0.124 e. The van der Waals surface area contributed by atoms with E-state index in [2.05, 4.69) is 39.6 Å². The fourth-order valence-corrected chi connectivity index (χ4v) is 2.47. The Bertz CT molecular complexity index is 528. The van der Waals surface area contributed by atoms with Crippen LogP contribution in [0, 0.1) is 5.82 Å². The van der Waals surface area contributed by atoms with E-state index in [0.29, 0.717) is 6.54 Å². The van der Waals surface area contributed by atoms with Crippen LogP contribution in [0.25, 0.3) is 0 Å². The summed E-state index contributed by atoms with van der Waals surface area (Å²) in [6, 6.07) is 13.0. The molecule has 0 saturated carbocycles. The van der Waals surface area contributed by atoms with Gasteiger partial charge >= 0.3 is 0 Å². The van der Waals surface area contributed by atoms with Crippen LogP contribution in [0.5, 0.6) is 0 Å². The molecule has 2 aromatic rings. The van der Waals surface area contributed by atoms with Crippen molar-refractivity contribution in [3.8, 4) is 0 Å². The third kappa shape index (κ3) is 3.50. The van der Waals surface area contributed by atoms with Crippen LogP contribution in [-0.2, 0) is 6.54 Å². The Morgan fingerprint density at radius 3 is 2.50 bits per heavy atom. The number of thioether (sulfide) groups is 1. The monoisotopic (exact) mass is 325 g/mol. The zero-order valence-corrected chi connectivity index (χ0v) is 12.3. The molecule has 94 valence electrons. The predicted molar refractivity (Wildman–Crippen MR) is 79.6 cm³/mol. The summed E-state index contributed by atoms with van der Waals surface area (Å²) in [5.74, 6) is -0.227. The van der Waals surface area contributed by atoms with Crippen molar-refractivity contribution in [3.63, 3.8) is 0 Å².